The van der Waals surface area contributed by atoms with Crippen LogP contribution < -0.4 is 0 Å². The summed E-state index contributed by atoms with van der Waals surface area (Å²) in [6.45, 7) is 0. The first-order chi connectivity index (χ1) is 5.33. The van der Waals surface area contributed by atoms with E-state index in [2.05, 4.69) is 25.9 Å². The second kappa shape index (κ2) is 3.84. The molecule has 3 nitrogen and oxygen atoms in total. The zero-order chi connectivity index (χ0) is 8.10. The fourth-order valence-corrected chi connectivity index (χ4v) is 0.736. The fourth-order valence-electron chi connectivity index (χ4n) is 0.531. The van der Waals surface area contributed by atoms with Gasteiger partial charge in [0.25, 0.3) is 0 Å². The number of hydrogen-bond acceptors (Lipinski definition) is 3. The van der Waals surface area contributed by atoms with Crippen LogP contribution in [-0.4, -0.2) is 9.97 Å². The van der Waals surface area contributed by atoms with E-state index in [-0.39, 0.29) is 0 Å². The van der Waals surface area contributed by atoms with Crippen LogP contribution in [0.3, 0.4) is 0 Å². The molecule has 0 atom stereocenters. The second-order valence-electron chi connectivity index (χ2n) is 1.73. The Morgan fingerprint density at radius 1 is 1.45 bits per heavy atom. The van der Waals surface area contributed by atoms with Crippen molar-refractivity contribution < 1.29 is 0 Å². The highest BCUT2D eigenvalue weighted by Crippen LogP contribution is 2.03. The molecule has 0 radical (unpaired) electrons. The lowest BCUT2D eigenvalue weighted by Gasteiger charge is -1.89. The SMILES string of the molecule is N#CC=Cc1cnc(Br)cn1. The average Bonchev–Trinajstić information content (AvgIpc) is 2.04. The molecule has 0 fully saturated rings. The first-order valence-electron chi connectivity index (χ1n) is 2.86. The maximum atomic E-state index is 8.19. The molecule has 0 unspecified atom stereocenters. The molecule has 0 spiro atoms. The van der Waals surface area contributed by atoms with Gasteiger partial charge in [0.1, 0.15) is 4.60 Å². The zero-order valence-corrected chi connectivity index (χ0v) is 7.12. The quantitative estimate of drug-likeness (QED) is 0.663. The molecule has 1 aromatic heterocycles. The standard InChI is InChI=1S/C7H4BrN3/c8-7-5-10-6(4-11-7)2-1-3-9/h1-2,4-5H. The molecule has 54 valence electrons. The van der Waals surface area contributed by atoms with Crippen molar-refractivity contribution in [1.82, 2.24) is 9.97 Å². The van der Waals surface area contributed by atoms with E-state index in [1.54, 1.807) is 18.5 Å². The average molecular weight is 210 g/mol. The summed E-state index contributed by atoms with van der Waals surface area (Å²) < 4.78 is 0.687. The summed E-state index contributed by atoms with van der Waals surface area (Å²) in [5, 5.41) is 8.19. The van der Waals surface area contributed by atoms with Crippen molar-refractivity contribution in [3.05, 3.63) is 28.8 Å². The van der Waals surface area contributed by atoms with Gasteiger partial charge in [0, 0.05) is 6.08 Å². The monoisotopic (exact) mass is 209 g/mol. The number of allylic oxidation sites excluding steroid dienone is 1. The lowest BCUT2D eigenvalue weighted by atomic mass is 10.4. The minimum absolute atomic E-state index is 0.676. The van der Waals surface area contributed by atoms with Crippen molar-refractivity contribution in [2.24, 2.45) is 0 Å². The maximum absolute atomic E-state index is 8.19. The van der Waals surface area contributed by atoms with Gasteiger partial charge in [0.2, 0.25) is 0 Å². The molecule has 0 aromatic carbocycles. The predicted octanol–water partition coefficient (Wildman–Crippen LogP) is 1.78. The summed E-state index contributed by atoms with van der Waals surface area (Å²) in [6.07, 6.45) is 6.12. The number of hydrogen-bond donors (Lipinski definition) is 0. The number of nitrogens with zero attached hydrogens (tertiary/aromatic N) is 3. The van der Waals surface area contributed by atoms with Crippen LogP contribution in [0.2, 0.25) is 0 Å². The van der Waals surface area contributed by atoms with E-state index in [1.165, 1.54) is 6.08 Å². The molecular weight excluding hydrogens is 206 g/mol. The van der Waals surface area contributed by atoms with E-state index in [0.29, 0.717) is 10.3 Å². The van der Waals surface area contributed by atoms with Crippen LogP contribution in [-0.2, 0) is 0 Å². The summed E-state index contributed by atoms with van der Waals surface area (Å²) in [7, 11) is 0. The van der Waals surface area contributed by atoms with Gasteiger partial charge < -0.3 is 0 Å². The molecule has 4 heteroatoms. The lowest BCUT2D eigenvalue weighted by molar-refractivity contribution is 1.15. The predicted molar refractivity (Wildman–Crippen MR) is 44.4 cm³/mol. The van der Waals surface area contributed by atoms with E-state index >= 15 is 0 Å². The summed E-state index contributed by atoms with van der Waals surface area (Å²) in [4.78, 5) is 7.89. The van der Waals surface area contributed by atoms with Gasteiger partial charge in [0.15, 0.2) is 0 Å². The molecule has 1 heterocycles. The van der Waals surface area contributed by atoms with E-state index in [0.717, 1.165) is 0 Å². The minimum Gasteiger partial charge on any atom is -0.252 e. The van der Waals surface area contributed by atoms with Crippen molar-refractivity contribution in [2.45, 2.75) is 0 Å². The van der Waals surface area contributed by atoms with Gasteiger partial charge in [0.05, 0.1) is 24.2 Å². The zero-order valence-electron chi connectivity index (χ0n) is 5.53. The number of rotatable bonds is 1. The third-order valence-electron chi connectivity index (χ3n) is 0.969. The molecule has 1 rings (SSSR count). The van der Waals surface area contributed by atoms with Crippen molar-refractivity contribution in [1.29, 1.82) is 5.26 Å². The number of nitriles is 1. The minimum atomic E-state index is 0.676. The Morgan fingerprint density at radius 3 is 2.82 bits per heavy atom. The number of halogens is 1. The lowest BCUT2D eigenvalue weighted by Crippen LogP contribution is -1.82. The number of aromatic nitrogens is 2. The van der Waals surface area contributed by atoms with Gasteiger partial charge >= 0.3 is 0 Å². The van der Waals surface area contributed by atoms with Crippen LogP contribution >= 0.6 is 15.9 Å². The normalized spacial score (nSPS) is 9.82. The van der Waals surface area contributed by atoms with Crippen molar-refractivity contribution in [2.75, 3.05) is 0 Å². The Bertz CT molecular complexity index is 296. The van der Waals surface area contributed by atoms with Gasteiger partial charge in [-0.1, -0.05) is 0 Å². The molecule has 0 aliphatic carbocycles. The third kappa shape index (κ3) is 2.48. The van der Waals surface area contributed by atoms with Crippen LogP contribution in [0.15, 0.2) is 23.1 Å². The van der Waals surface area contributed by atoms with E-state index in [1.807, 2.05) is 6.07 Å². The molecule has 0 aliphatic heterocycles. The molecule has 11 heavy (non-hydrogen) atoms. The third-order valence-corrected chi connectivity index (χ3v) is 1.38. The molecule has 0 saturated heterocycles. The van der Waals surface area contributed by atoms with Gasteiger partial charge in [-0.3, -0.25) is 4.98 Å². The van der Waals surface area contributed by atoms with E-state index in [9.17, 15) is 0 Å². The second-order valence-corrected chi connectivity index (χ2v) is 2.54. The van der Waals surface area contributed by atoms with Gasteiger partial charge in [-0.25, -0.2) is 4.98 Å². The van der Waals surface area contributed by atoms with Crippen molar-refractivity contribution >= 4 is 22.0 Å². The summed E-state index contributed by atoms with van der Waals surface area (Å²) in [5.41, 5.74) is 0.676. The summed E-state index contributed by atoms with van der Waals surface area (Å²) in [6, 6.07) is 1.87. The largest absolute Gasteiger partial charge is 0.252 e. The summed E-state index contributed by atoms with van der Waals surface area (Å²) in [5.74, 6) is 0. The van der Waals surface area contributed by atoms with Crippen molar-refractivity contribution in [3.63, 3.8) is 0 Å². The molecule has 1 aromatic rings. The van der Waals surface area contributed by atoms with Gasteiger partial charge in [-0.05, 0) is 22.0 Å². The van der Waals surface area contributed by atoms with Crippen LogP contribution in [0.4, 0.5) is 0 Å². The molecular formula is C7H4BrN3. The van der Waals surface area contributed by atoms with E-state index < -0.39 is 0 Å². The van der Waals surface area contributed by atoms with Gasteiger partial charge in [-0.2, -0.15) is 5.26 Å². The maximum Gasteiger partial charge on any atom is 0.124 e. The molecule has 0 amide bonds. The van der Waals surface area contributed by atoms with E-state index in [4.69, 9.17) is 5.26 Å². The van der Waals surface area contributed by atoms with Crippen LogP contribution in [0.5, 0.6) is 0 Å². The highest BCUT2D eigenvalue weighted by Gasteiger charge is 1.88. The molecule has 0 saturated carbocycles. The highest BCUT2D eigenvalue weighted by molar-refractivity contribution is 9.10. The van der Waals surface area contributed by atoms with Gasteiger partial charge in [-0.15, -0.1) is 0 Å². The van der Waals surface area contributed by atoms with Crippen LogP contribution in [0, 0.1) is 11.3 Å². The molecule has 0 bridgehead atoms. The molecule has 0 aliphatic rings. The first kappa shape index (κ1) is 7.89. The smallest absolute Gasteiger partial charge is 0.124 e. The highest BCUT2D eigenvalue weighted by atomic mass is 79.9. The van der Waals surface area contributed by atoms with Crippen LogP contribution in [0.25, 0.3) is 6.08 Å². The fraction of sp³-hybridized carbons (Fsp3) is 0. The van der Waals surface area contributed by atoms with Crippen LogP contribution in [0.1, 0.15) is 5.69 Å². The Hall–Kier alpha value is -1.21. The van der Waals surface area contributed by atoms with Crippen molar-refractivity contribution in [3.8, 4) is 6.07 Å². The Balaban J connectivity index is 2.84. The topological polar surface area (TPSA) is 49.6 Å². The Morgan fingerprint density at radius 2 is 2.27 bits per heavy atom. The first-order valence-corrected chi connectivity index (χ1v) is 3.66. The Kier molecular flexibility index (Phi) is 2.75. The molecule has 0 N–H and O–H groups in total. The Labute approximate surface area is 72.5 Å². The summed E-state index contributed by atoms with van der Waals surface area (Å²) >= 11 is 3.15.